The van der Waals surface area contributed by atoms with E-state index in [2.05, 4.69) is 18.9 Å². The molecule has 13 heavy (non-hydrogen) atoms. The third kappa shape index (κ3) is 3.65. The van der Waals surface area contributed by atoms with E-state index in [1.807, 2.05) is 0 Å². The van der Waals surface area contributed by atoms with Crippen molar-refractivity contribution in [1.82, 2.24) is 4.90 Å². The van der Waals surface area contributed by atoms with Crippen molar-refractivity contribution >= 4 is 0 Å². The summed E-state index contributed by atoms with van der Waals surface area (Å²) in [7, 11) is 2.20. The molecule has 0 aromatic carbocycles. The molecule has 1 aliphatic rings. The van der Waals surface area contributed by atoms with E-state index in [9.17, 15) is 0 Å². The average molecular weight is 184 g/mol. The smallest absolute Gasteiger partial charge is 0.0283 e. The zero-order chi connectivity index (χ0) is 9.73. The zero-order valence-electron chi connectivity index (χ0n) is 9.18. The summed E-state index contributed by atoms with van der Waals surface area (Å²) in [5.74, 6) is 0. The van der Waals surface area contributed by atoms with Crippen LogP contribution < -0.4 is 5.73 Å². The maximum Gasteiger partial charge on any atom is 0.0283 e. The lowest BCUT2D eigenvalue weighted by atomic mass is 9.98. The normalized spacial score (nSPS) is 21.2. The van der Waals surface area contributed by atoms with Crippen LogP contribution in [-0.4, -0.2) is 30.6 Å². The van der Waals surface area contributed by atoms with Gasteiger partial charge >= 0.3 is 0 Å². The zero-order valence-corrected chi connectivity index (χ0v) is 9.18. The molecule has 2 heteroatoms. The Kier molecular flexibility index (Phi) is 4.20. The summed E-state index contributed by atoms with van der Waals surface area (Å²) < 4.78 is 0. The molecule has 0 heterocycles. The molecule has 1 fully saturated rings. The summed E-state index contributed by atoms with van der Waals surface area (Å²) in [5.41, 5.74) is 6.43. The molecule has 0 atom stereocenters. The van der Waals surface area contributed by atoms with Crippen LogP contribution in [0.2, 0.25) is 0 Å². The summed E-state index contributed by atoms with van der Waals surface area (Å²) in [4.78, 5) is 2.40. The number of hydrogen-bond acceptors (Lipinski definition) is 2. The molecule has 0 amide bonds. The number of nitrogens with two attached hydrogens (primary N) is 1. The molecule has 2 N–H and O–H groups in total. The molecule has 0 bridgehead atoms. The Morgan fingerprint density at radius 3 is 2.46 bits per heavy atom. The number of likely N-dealkylation sites (N-methyl/N-ethyl adjacent to an activating group) is 1. The first-order chi connectivity index (χ1) is 6.16. The van der Waals surface area contributed by atoms with Crippen LogP contribution in [0.15, 0.2) is 0 Å². The summed E-state index contributed by atoms with van der Waals surface area (Å²) in [6, 6.07) is 0. The third-order valence-corrected chi connectivity index (χ3v) is 3.08. The minimum Gasteiger partial charge on any atom is -0.324 e. The van der Waals surface area contributed by atoms with Crippen molar-refractivity contribution in [2.24, 2.45) is 5.73 Å². The van der Waals surface area contributed by atoms with Crippen molar-refractivity contribution in [2.75, 3.05) is 20.1 Å². The van der Waals surface area contributed by atoms with Crippen LogP contribution in [-0.2, 0) is 0 Å². The highest BCUT2D eigenvalue weighted by atomic mass is 15.1. The fourth-order valence-corrected chi connectivity index (χ4v) is 2.28. The predicted molar refractivity (Wildman–Crippen MR) is 57.8 cm³/mol. The fourth-order valence-electron chi connectivity index (χ4n) is 2.28. The van der Waals surface area contributed by atoms with Gasteiger partial charge in [0, 0.05) is 12.1 Å². The van der Waals surface area contributed by atoms with Crippen LogP contribution in [0.25, 0.3) is 0 Å². The maximum absolute atomic E-state index is 6.29. The maximum atomic E-state index is 6.29. The fraction of sp³-hybridized carbons (Fsp3) is 1.00. The molecule has 0 unspecified atom stereocenters. The molecule has 0 saturated heterocycles. The van der Waals surface area contributed by atoms with Crippen molar-refractivity contribution in [2.45, 2.75) is 51.0 Å². The second-order valence-corrected chi connectivity index (χ2v) is 4.66. The Hall–Kier alpha value is -0.0800. The van der Waals surface area contributed by atoms with Gasteiger partial charge < -0.3 is 10.6 Å². The number of hydrogen-bond donors (Lipinski definition) is 1. The molecule has 0 radical (unpaired) electrons. The van der Waals surface area contributed by atoms with Crippen LogP contribution in [0.1, 0.15) is 45.4 Å². The largest absolute Gasteiger partial charge is 0.324 e. The van der Waals surface area contributed by atoms with Crippen LogP contribution >= 0.6 is 0 Å². The second kappa shape index (κ2) is 4.97. The first-order valence-corrected chi connectivity index (χ1v) is 5.64. The van der Waals surface area contributed by atoms with Crippen molar-refractivity contribution < 1.29 is 0 Å². The molecule has 1 saturated carbocycles. The Labute approximate surface area is 82.5 Å². The molecule has 0 aromatic rings. The van der Waals surface area contributed by atoms with Gasteiger partial charge in [-0.1, -0.05) is 26.2 Å². The number of rotatable bonds is 5. The van der Waals surface area contributed by atoms with Crippen LogP contribution in [0.4, 0.5) is 0 Å². The molecular weight excluding hydrogens is 160 g/mol. The van der Waals surface area contributed by atoms with E-state index in [4.69, 9.17) is 5.73 Å². The van der Waals surface area contributed by atoms with E-state index in [0.29, 0.717) is 0 Å². The van der Waals surface area contributed by atoms with Crippen LogP contribution in [0, 0.1) is 0 Å². The molecular formula is C11H24N2. The van der Waals surface area contributed by atoms with E-state index in [1.54, 1.807) is 0 Å². The van der Waals surface area contributed by atoms with E-state index < -0.39 is 0 Å². The van der Waals surface area contributed by atoms with E-state index in [-0.39, 0.29) is 5.54 Å². The Bertz CT molecular complexity index is 139. The van der Waals surface area contributed by atoms with Gasteiger partial charge in [0.25, 0.3) is 0 Å². The average Bonchev–Trinajstić information content (AvgIpc) is 2.48. The Balaban J connectivity index is 2.21. The van der Waals surface area contributed by atoms with Crippen molar-refractivity contribution in [1.29, 1.82) is 0 Å². The Morgan fingerprint density at radius 1 is 1.31 bits per heavy atom. The highest BCUT2D eigenvalue weighted by molar-refractivity contribution is 4.91. The minimum absolute atomic E-state index is 0.141. The SMILES string of the molecule is CCCCN(C)CC1(N)CCCC1. The summed E-state index contributed by atoms with van der Waals surface area (Å²) in [6.45, 7) is 4.53. The Morgan fingerprint density at radius 2 is 1.92 bits per heavy atom. The third-order valence-electron chi connectivity index (χ3n) is 3.08. The summed E-state index contributed by atoms with van der Waals surface area (Å²) >= 11 is 0. The topological polar surface area (TPSA) is 29.3 Å². The first-order valence-electron chi connectivity index (χ1n) is 5.64. The highest BCUT2D eigenvalue weighted by Crippen LogP contribution is 2.27. The lowest BCUT2D eigenvalue weighted by molar-refractivity contribution is 0.245. The van der Waals surface area contributed by atoms with Crippen LogP contribution in [0.5, 0.6) is 0 Å². The van der Waals surface area contributed by atoms with Gasteiger partial charge in [-0.25, -0.2) is 0 Å². The van der Waals surface area contributed by atoms with Crippen molar-refractivity contribution in [3.63, 3.8) is 0 Å². The van der Waals surface area contributed by atoms with E-state index >= 15 is 0 Å². The number of unbranched alkanes of at least 4 members (excludes halogenated alkanes) is 1. The van der Waals surface area contributed by atoms with Gasteiger partial charge in [0.1, 0.15) is 0 Å². The lowest BCUT2D eigenvalue weighted by Gasteiger charge is -2.29. The van der Waals surface area contributed by atoms with Crippen LogP contribution in [0.3, 0.4) is 0 Å². The molecule has 0 aliphatic heterocycles. The summed E-state index contributed by atoms with van der Waals surface area (Å²) in [5, 5.41) is 0. The summed E-state index contributed by atoms with van der Waals surface area (Å²) in [6.07, 6.45) is 7.69. The molecule has 2 nitrogen and oxygen atoms in total. The van der Waals surface area contributed by atoms with Gasteiger partial charge in [-0.15, -0.1) is 0 Å². The van der Waals surface area contributed by atoms with Gasteiger partial charge in [-0.05, 0) is 32.9 Å². The monoisotopic (exact) mass is 184 g/mol. The molecule has 0 spiro atoms. The number of nitrogens with zero attached hydrogens (tertiary/aromatic N) is 1. The predicted octanol–water partition coefficient (Wildman–Crippen LogP) is 1.99. The minimum atomic E-state index is 0.141. The van der Waals surface area contributed by atoms with Crippen molar-refractivity contribution in [3.8, 4) is 0 Å². The van der Waals surface area contributed by atoms with Gasteiger partial charge in [-0.3, -0.25) is 0 Å². The highest BCUT2D eigenvalue weighted by Gasteiger charge is 2.29. The molecule has 0 aromatic heterocycles. The lowest BCUT2D eigenvalue weighted by Crippen LogP contribution is -2.47. The quantitative estimate of drug-likeness (QED) is 0.708. The standard InChI is InChI=1S/C11H24N2/c1-3-4-9-13(2)10-11(12)7-5-6-8-11/h3-10,12H2,1-2H3. The van der Waals surface area contributed by atoms with Gasteiger partial charge in [0.2, 0.25) is 0 Å². The van der Waals surface area contributed by atoms with Gasteiger partial charge in [0.15, 0.2) is 0 Å². The van der Waals surface area contributed by atoms with E-state index in [0.717, 1.165) is 6.54 Å². The second-order valence-electron chi connectivity index (χ2n) is 4.66. The molecule has 1 aliphatic carbocycles. The van der Waals surface area contributed by atoms with Gasteiger partial charge in [0.05, 0.1) is 0 Å². The molecule has 78 valence electrons. The first kappa shape index (κ1) is 11.0. The van der Waals surface area contributed by atoms with Crippen molar-refractivity contribution in [3.05, 3.63) is 0 Å². The van der Waals surface area contributed by atoms with Gasteiger partial charge in [-0.2, -0.15) is 0 Å². The molecule has 1 rings (SSSR count). The van der Waals surface area contributed by atoms with E-state index in [1.165, 1.54) is 45.1 Å².